The number of nitrogens with zero attached hydrogens (tertiary/aromatic N) is 2. The summed E-state index contributed by atoms with van der Waals surface area (Å²) < 4.78 is 2.08. The molecule has 0 bridgehead atoms. The van der Waals surface area contributed by atoms with Crippen molar-refractivity contribution in [1.82, 2.24) is 9.38 Å². The normalized spacial score (nSPS) is 13.2. The van der Waals surface area contributed by atoms with Crippen molar-refractivity contribution in [2.24, 2.45) is 5.73 Å². The number of rotatable bonds is 4. The van der Waals surface area contributed by atoms with Crippen molar-refractivity contribution >= 4 is 17.4 Å². The highest BCUT2D eigenvalue weighted by molar-refractivity contribution is 7.99. The first kappa shape index (κ1) is 11.5. The van der Waals surface area contributed by atoms with E-state index < -0.39 is 0 Å². The van der Waals surface area contributed by atoms with E-state index in [0.717, 1.165) is 23.6 Å². The highest BCUT2D eigenvalue weighted by atomic mass is 32.2. The maximum absolute atomic E-state index is 5.58. The van der Waals surface area contributed by atoms with Gasteiger partial charge >= 0.3 is 0 Å². The maximum atomic E-state index is 5.58. The van der Waals surface area contributed by atoms with Gasteiger partial charge in [-0.3, -0.25) is 0 Å². The average Bonchev–Trinajstić information content (AvgIpc) is 2.67. The molecule has 2 rings (SSSR count). The summed E-state index contributed by atoms with van der Waals surface area (Å²) in [5, 5.41) is 0.492. The summed E-state index contributed by atoms with van der Waals surface area (Å²) >= 11 is 1.85. The van der Waals surface area contributed by atoms with Crippen LogP contribution in [0.2, 0.25) is 0 Å². The summed E-state index contributed by atoms with van der Waals surface area (Å²) in [5.74, 6) is 0.930. The summed E-state index contributed by atoms with van der Waals surface area (Å²) in [7, 11) is 0. The molecule has 0 aliphatic heterocycles. The van der Waals surface area contributed by atoms with E-state index in [0.29, 0.717) is 5.25 Å². The first-order chi connectivity index (χ1) is 7.69. The topological polar surface area (TPSA) is 43.3 Å². The van der Waals surface area contributed by atoms with Crippen LogP contribution in [0.25, 0.3) is 5.65 Å². The van der Waals surface area contributed by atoms with Crippen LogP contribution in [0.4, 0.5) is 0 Å². The lowest BCUT2D eigenvalue weighted by Crippen LogP contribution is -2.12. The molecular formula is C12H17N3S. The molecule has 1 atom stereocenters. The van der Waals surface area contributed by atoms with Gasteiger partial charge in [-0.25, -0.2) is 4.98 Å². The minimum Gasteiger partial charge on any atom is -0.329 e. The van der Waals surface area contributed by atoms with E-state index >= 15 is 0 Å². The zero-order valence-electron chi connectivity index (χ0n) is 9.68. The Balaban J connectivity index is 2.13. The van der Waals surface area contributed by atoms with Gasteiger partial charge in [0.1, 0.15) is 5.65 Å². The quantitative estimate of drug-likeness (QED) is 0.883. The van der Waals surface area contributed by atoms with Crippen LogP contribution in [0, 0.1) is 6.92 Å². The third-order valence-electron chi connectivity index (χ3n) is 2.50. The second-order valence-corrected chi connectivity index (χ2v) is 5.49. The molecule has 0 fully saturated rings. The number of pyridine rings is 1. The molecule has 2 N–H and O–H groups in total. The van der Waals surface area contributed by atoms with Gasteiger partial charge in [-0.15, -0.1) is 0 Å². The first-order valence-electron chi connectivity index (χ1n) is 5.45. The van der Waals surface area contributed by atoms with E-state index in [-0.39, 0.29) is 0 Å². The van der Waals surface area contributed by atoms with Crippen molar-refractivity contribution in [3.8, 4) is 0 Å². The van der Waals surface area contributed by atoms with Crippen molar-refractivity contribution in [3.63, 3.8) is 0 Å². The van der Waals surface area contributed by atoms with Gasteiger partial charge in [-0.2, -0.15) is 11.8 Å². The minimum atomic E-state index is 0.492. The molecule has 0 spiro atoms. The van der Waals surface area contributed by atoms with Crippen LogP contribution in [-0.4, -0.2) is 21.2 Å². The van der Waals surface area contributed by atoms with E-state index in [2.05, 4.69) is 47.8 Å². The van der Waals surface area contributed by atoms with E-state index in [9.17, 15) is 0 Å². The fourth-order valence-electron chi connectivity index (χ4n) is 1.52. The van der Waals surface area contributed by atoms with Gasteiger partial charge in [0.2, 0.25) is 0 Å². The summed E-state index contributed by atoms with van der Waals surface area (Å²) in [5.41, 5.74) is 8.97. The van der Waals surface area contributed by atoms with Gasteiger partial charge in [0.15, 0.2) is 0 Å². The SMILES string of the molecule is Cc1ccc2nc(CSC(C)CN)cn2c1. The van der Waals surface area contributed by atoms with Crippen LogP contribution >= 0.6 is 11.8 Å². The number of thioether (sulfide) groups is 1. The van der Waals surface area contributed by atoms with Crippen molar-refractivity contribution in [1.29, 1.82) is 0 Å². The molecule has 16 heavy (non-hydrogen) atoms. The summed E-state index contributed by atoms with van der Waals surface area (Å²) in [4.78, 5) is 4.56. The standard InChI is InChI=1S/C12H17N3S/c1-9-3-4-12-14-11(7-15(12)6-9)8-16-10(2)5-13/h3-4,6-7,10H,5,8,13H2,1-2H3. The van der Waals surface area contributed by atoms with E-state index in [1.165, 1.54) is 5.56 Å². The van der Waals surface area contributed by atoms with Crippen LogP contribution in [0.15, 0.2) is 24.5 Å². The van der Waals surface area contributed by atoms with Crippen molar-refractivity contribution in [2.75, 3.05) is 6.54 Å². The van der Waals surface area contributed by atoms with Crippen LogP contribution in [0.1, 0.15) is 18.2 Å². The Kier molecular flexibility index (Phi) is 3.51. The molecule has 3 nitrogen and oxygen atoms in total. The van der Waals surface area contributed by atoms with E-state index in [1.54, 1.807) is 0 Å². The Morgan fingerprint density at radius 1 is 1.44 bits per heavy atom. The highest BCUT2D eigenvalue weighted by Crippen LogP contribution is 2.17. The molecule has 0 aliphatic carbocycles. The fourth-order valence-corrected chi connectivity index (χ4v) is 2.25. The largest absolute Gasteiger partial charge is 0.329 e. The summed E-state index contributed by atoms with van der Waals surface area (Å²) in [6, 6.07) is 4.14. The van der Waals surface area contributed by atoms with Crippen molar-refractivity contribution in [2.45, 2.75) is 24.9 Å². The molecule has 0 amide bonds. The summed E-state index contributed by atoms with van der Waals surface area (Å²) in [6.07, 6.45) is 4.20. The zero-order valence-corrected chi connectivity index (χ0v) is 10.5. The number of fused-ring (bicyclic) bond motifs is 1. The smallest absolute Gasteiger partial charge is 0.137 e. The van der Waals surface area contributed by atoms with Gasteiger partial charge in [0.25, 0.3) is 0 Å². The molecule has 86 valence electrons. The van der Waals surface area contributed by atoms with Gasteiger partial charge in [-0.1, -0.05) is 13.0 Å². The lowest BCUT2D eigenvalue weighted by molar-refractivity contribution is 0.949. The number of aryl methyl sites for hydroxylation is 1. The monoisotopic (exact) mass is 235 g/mol. The van der Waals surface area contributed by atoms with Gasteiger partial charge < -0.3 is 10.1 Å². The Bertz CT molecular complexity index is 478. The molecule has 2 aromatic rings. The maximum Gasteiger partial charge on any atom is 0.137 e. The zero-order chi connectivity index (χ0) is 11.5. The number of hydrogen-bond donors (Lipinski definition) is 1. The van der Waals surface area contributed by atoms with E-state index in [4.69, 9.17) is 5.73 Å². The predicted octanol–water partition coefficient (Wildman–Crippen LogP) is 2.22. The molecule has 1 unspecified atom stereocenters. The second kappa shape index (κ2) is 4.89. The summed E-state index contributed by atoms with van der Waals surface area (Å²) in [6.45, 7) is 4.95. The minimum absolute atomic E-state index is 0.492. The fraction of sp³-hybridized carbons (Fsp3) is 0.417. The van der Waals surface area contributed by atoms with E-state index in [1.807, 2.05) is 11.8 Å². The van der Waals surface area contributed by atoms with Crippen LogP contribution in [0.3, 0.4) is 0 Å². The second-order valence-electron chi connectivity index (χ2n) is 4.06. The van der Waals surface area contributed by atoms with Crippen molar-refractivity contribution in [3.05, 3.63) is 35.8 Å². The third kappa shape index (κ3) is 2.57. The molecule has 2 heterocycles. The molecule has 0 radical (unpaired) electrons. The molecule has 4 heteroatoms. The number of hydrogen-bond acceptors (Lipinski definition) is 3. The molecule has 0 aliphatic rings. The van der Waals surface area contributed by atoms with Crippen molar-refractivity contribution < 1.29 is 0 Å². The predicted molar refractivity (Wildman–Crippen MR) is 69.7 cm³/mol. The molecule has 2 aromatic heterocycles. The lowest BCUT2D eigenvalue weighted by atomic mass is 10.3. The average molecular weight is 235 g/mol. The van der Waals surface area contributed by atoms with Crippen LogP contribution in [-0.2, 0) is 5.75 Å². The molecule has 0 aromatic carbocycles. The highest BCUT2D eigenvalue weighted by Gasteiger charge is 2.04. The lowest BCUT2D eigenvalue weighted by Gasteiger charge is -2.05. The number of nitrogens with two attached hydrogens (primary N) is 1. The molecular weight excluding hydrogens is 218 g/mol. The Morgan fingerprint density at radius 3 is 3.00 bits per heavy atom. The van der Waals surface area contributed by atoms with Gasteiger partial charge in [0, 0.05) is 29.9 Å². The molecule has 0 saturated heterocycles. The van der Waals surface area contributed by atoms with Gasteiger partial charge in [0.05, 0.1) is 5.69 Å². The Morgan fingerprint density at radius 2 is 2.25 bits per heavy atom. The third-order valence-corrected chi connectivity index (χ3v) is 3.72. The van der Waals surface area contributed by atoms with Crippen LogP contribution in [0.5, 0.6) is 0 Å². The van der Waals surface area contributed by atoms with Gasteiger partial charge in [-0.05, 0) is 18.6 Å². The molecule has 0 saturated carbocycles. The first-order valence-corrected chi connectivity index (χ1v) is 6.50. The number of aromatic nitrogens is 2. The Hall–Kier alpha value is -1.00. The van der Waals surface area contributed by atoms with Crippen LogP contribution < -0.4 is 5.73 Å². The Labute approximate surface area is 100 Å². The number of imidazole rings is 1.